The SMILES string of the molecule is c1ccc(-c2cc(-c3ccccc3)cc([Si](c3ccccc3)(c3ccccc3)c3cccc4c3C3c5ccccc5C4c4cccc(-c5ccccc5-n5c6ccccc6c6cc(-c7ccc8oc9ccccc9c8c7)ccc65)c43)c2)cc1. The van der Waals surface area contributed by atoms with E-state index in [1.807, 2.05) is 6.07 Å². The van der Waals surface area contributed by atoms with Crippen molar-refractivity contribution in [3.63, 3.8) is 0 Å². The largest absolute Gasteiger partial charge is 0.456 e. The Morgan fingerprint density at radius 3 is 1.49 bits per heavy atom. The van der Waals surface area contributed by atoms with Gasteiger partial charge in [0.2, 0.25) is 0 Å². The van der Waals surface area contributed by atoms with E-state index in [9.17, 15) is 0 Å². The van der Waals surface area contributed by atoms with Crippen LogP contribution in [0.5, 0.6) is 0 Å². The molecule has 3 aliphatic rings. The summed E-state index contributed by atoms with van der Waals surface area (Å²) in [5.41, 5.74) is 23.5. The molecule has 388 valence electrons. The first-order valence-electron chi connectivity index (χ1n) is 29.0. The van der Waals surface area contributed by atoms with Crippen LogP contribution >= 0.6 is 0 Å². The van der Waals surface area contributed by atoms with Crippen LogP contribution in [0.3, 0.4) is 0 Å². The third kappa shape index (κ3) is 7.21. The highest BCUT2D eigenvalue weighted by Crippen LogP contribution is 2.58. The van der Waals surface area contributed by atoms with Gasteiger partial charge in [0, 0.05) is 38.9 Å². The minimum atomic E-state index is -3.26. The van der Waals surface area contributed by atoms with Crippen molar-refractivity contribution in [2.75, 3.05) is 0 Å². The number of benzene rings is 13. The zero-order valence-electron chi connectivity index (χ0n) is 45.5. The molecule has 0 amide bonds. The van der Waals surface area contributed by atoms with E-state index in [4.69, 9.17) is 4.42 Å². The number of furan rings is 1. The van der Waals surface area contributed by atoms with Crippen LogP contribution in [0.15, 0.2) is 314 Å². The van der Waals surface area contributed by atoms with Crippen LogP contribution in [-0.2, 0) is 0 Å². The highest BCUT2D eigenvalue weighted by atomic mass is 28.3. The Morgan fingerprint density at radius 1 is 0.277 bits per heavy atom. The van der Waals surface area contributed by atoms with Gasteiger partial charge in [-0.25, -0.2) is 0 Å². The molecule has 0 radical (unpaired) electrons. The lowest BCUT2D eigenvalue weighted by Gasteiger charge is -2.47. The number of hydrogen-bond acceptors (Lipinski definition) is 1. The molecule has 0 aliphatic heterocycles. The van der Waals surface area contributed by atoms with Crippen molar-refractivity contribution in [2.45, 2.75) is 11.8 Å². The van der Waals surface area contributed by atoms with Gasteiger partial charge in [-0.1, -0.05) is 261 Å². The smallest absolute Gasteiger partial charge is 0.179 e. The summed E-state index contributed by atoms with van der Waals surface area (Å²) >= 11 is 0. The van der Waals surface area contributed by atoms with Crippen molar-refractivity contribution in [1.29, 1.82) is 0 Å². The molecule has 2 atom stereocenters. The summed E-state index contributed by atoms with van der Waals surface area (Å²) in [5, 5.41) is 10.2. The van der Waals surface area contributed by atoms with Gasteiger partial charge >= 0.3 is 0 Å². The first-order chi connectivity index (χ1) is 41.2. The molecule has 2 bridgehead atoms. The molecule has 15 aromatic rings. The van der Waals surface area contributed by atoms with E-state index >= 15 is 0 Å². The second kappa shape index (κ2) is 18.9. The molecule has 2 aromatic heterocycles. The summed E-state index contributed by atoms with van der Waals surface area (Å²) in [6, 6.07) is 117. The predicted molar refractivity (Wildman–Crippen MR) is 348 cm³/mol. The first kappa shape index (κ1) is 47.5. The van der Waals surface area contributed by atoms with E-state index < -0.39 is 8.07 Å². The Balaban J connectivity index is 0.906. The van der Waals surface area contributed by atoms with E-state index in [0.717, 1.165) is 27.6 Å². The molecule has 18 rings (SSSR count). The molecule has 2 unspecified atom stereocenters. The van der Waals surface area contributed by atoms with Crippen molar-refractivity contribution in [2.24, 2.45) is 0 Å². The predicted octanol–water partition coefficient (Wildman–Crippen LogP) is 17.7. The van der Waals surface area contributed by atoms with E-state index in [1.54, 1.807) is 0 Å². The number of para-hydroxylation sites is 3. The van der Waals surface area contributed by atoms with Gasteiger partial charge < -0.3 is 8.98 Å². The lowest BCUT2D eigenvalue weighted by atomic mass is 9.60. The van der Waals surface area contributed by atoms with Crippen LogP contribution in [-0.4, -0.2) is 12.6 Å². The molecule has 2 heterocycles. The number of aromatic nitrogens is 1. The Hall–Kier alpha value is -10.3. The maximum Gasteiger partial charge on any atom is 0.179 e. The quantitative estimate of drug-likeness (QED) is 0.104. The third-order valence-electron chi connectivity index (χ3n) is 18.3. The zero-order valence-corrected chi connectivity index (χ0v) is 46.5. The van der Waals surface area contributed by atoms with Gasteiger partial charge in [-0.05, 0) is 142 Å². The second-order valence-corrected chi connectivity index (χ2v) is 26.3. The average Bonchev–Trinajstić information content (AvgIpc) is 1.51. The van der Waals surface area contributed by atoms with Crippen molar-refractivity contribution < 1.29 is 4.42 Å². The van der Waals surface area contributed by atoms with E-state index in [1.165, 1.54) is 120 Å². The number of fused-ring (bicyclic) bond motifs is 6. The lowest BCUT2D eigenvalue weighted by Crippen LogP contribution is -2.75. The van der Waals surface area contributed by atoms with Gasteiger partial charge in [-0.2, -0.15) is 0 Å². The van der Waals surface area contributed by atoms with Crippen LogP contribution in [0.1, 0.15) is 45.2 Å². The Bertz CT molecular complexity index is 4940. The molecular weight excluding hydrogens is 1020 g/mol. The molecule has 0 N–H and O–H groups in total. The molecule has 2 nitrogen and oxygen atoms in total. The first-order valence-corrected chi connectivity index (χ1v) is 31.0. The van der Waals surface area contributed by atoms with Crippen LogP contribution < -0.4 is 20.7 Å². The van der Waals surface area contributed by atoms with Gasteiger partial charge in [0.05, 0.1) is 16.7 Å². The highest BCUT2D eigenvalue weighted by molar-refractivity contribution is 7.20. The number of rotatable bonds is 9. The third-order valence-corrected chi connectivity index (χ3v) is 23.1. The van der Waals surface area contributed by atoms with Gasteiger partial charge in [0.25, 0.3) is 0 Å². The zero-order chi connectivity index (χ0) is 54.6. The molecule has 3 heteroatoms. The van der Waals surface area contributed by atoms with Crippen LogP contribution in [0.4, 0.5) is 0 Å². The van der Waals surface area contributed by atoms with E-state index in [-0.39, 0.29) is 11.8 Å². The topological polar surface area (TPSA) is 18.1 Å². The Labute approximate surface area is 483 Å². The normalized spacial score (nSPS) is 14.3. The van der Waals surface area contributed by atoms with Gasteiger partial charge in [0.15, 0.2) is 8.07 Å². The molecule has 0 spiro atoms. The minimum absolute atomic E-state index is 0.0351. The maximum atomic E-state index is 6.27. The highest BCUT2D eigenvalue weighted by Gasteiger charge is 2.50. The fourth-order valence-corrected chi connectivity index (χ4v) is 20.0. The summed E-state index contributed by atoms with van der Waals surface area (Å²) in [6.45, 7) is 0. The van der Waals surface area contributed by atoms with Crippen LogP contribution in [0.2, 0.25) is 0 Å². The molecule has 0 saturated heterocycles. The fourth-order valence-electron chi connectivity index (χ4n) is 14.9. The van der Waals surface area contributed by atoms with Crippen molar-refractivity contribution >= 4 is 72.6 Å². The second-order valence-electron chi connectivity index (χ2n) is 22.5. The van der Waals surface area contributed by atoms with Gasteiger partial charge in [-0.15, -0.1) is 0 Å². The fraction of sp³-hybridized carbons (Fsp3) is 0.0250. The van der Waals surface area contributed by atoms with Gasteiger partial charge in [0.1, 0.15) is 11.2 Å². The molecule has 0 saturated carbocycles. The van der Waals surface area contributed by atoms with E-state index in [0.29, 0.717) is 0 Å². The van der Waals surface area contributed by atoms with Crippen LogP contribution in [0.25, 0.3) is 93.9 Å². The van der Waals surface area contributed by atoms with Gasteiger partial charge in [-0.3, -0.25) is 0 Å². The molecule has 0 fully saturated rings. The Morgan fingerprint density at radius 2 is 0.783 bits per heavy atom. The summed E-state index contributed by atoms with van der Waals surface area (Å²) in [4.78, 5) is 0. The van der Waals surface area contributed by atoms with E-state index in [2.05, 4.69) is 308 Å². The summed E-state index contributed by atoms with van der Waals surface area (Å²) in [6.07, 6.45) is 0. The average molecular weight is 1070 g/mol. The van der Waals surface area contributed by atoms with Crippen molar-refractivity contribution in [1.82, 2.24) is 4.57 Å². The monoisotopic (exact) mass is 1070 g/mol. The minimum Gasteiger partial charge on any atom is -0.456 e. The summed E-state index contributed by atoms with van der Waals surface area (Å²) in [7, 11) is -3.26. The lowest BCUT2D eigenvalue weighted by molar-refractivity contribution is 0.669. The summed E-state index contributed by atoms with van der Waals surface area (Å²) < 4.78 is 8.79. The maximum absolute atomic E-state index is 6.27. The van der Waals surface area contributed by atoms with Crippen molar-refractivity contribution in [3.05, 3.63) is 343 Å². The molecule has 83 heavy (non-hydrogen) atoms. The summed E-state index contributed by atoms with van der Waals surface area (Å²) in [5.74, 6) is -0.0230. The van der Waals surface area contributed by atoms with Crippen molar-refractivity contribution in [3.8, 4) is 50.2 Å². The number of nitrogens with zero attached hydrogens (tertiary/aromatic N) is 1. The Kier molecular flexibility index (Phi) is 10.8. The number of hydrogen-bond donors (Lipinski definition) is 0. The molecular formula is C80H53NOSi. The molecule has 3 aliphatic carbocycles. The van der Waals surface area contributed by atoms with Crippen LogP contribution in [0, 0.1) is 0 Å². The molecule has 13 aromatic carbocycles. The standard InChI is InChI=1S/C80H53NOSi/c1-5-23-52(24-6-1)56-47-57(53-25-7-2-8-26-53)49-60(48-56)83(58-27-9-3-10-28-58,59-29-11-4-12-30-59)76-42-22-38-68-77-65-34-13-14-35-66(65)80(79(68)76)78-64(36-21-37-67(77)78)61-31-15-18-39-71(61)81-72-40-19-16-32-62(72)69-50-54(43-45-73(69)81)55-44-46-75-70(51-55)63-33-17-20-41-74(63)82-75/h1-51,77,80H.